The van der Waals surface area contributed by atoms with E-state index in [0.29, 0.717) is 25.4 Å². The first-order valence-electron chi connectivity index (χ1n) is 9.91. The van der Waals surface area contributed by atoms with E-state index in [9.17, 15) is 14.7 Å². The molecule has 0 aromatic carbocycles. The number of carbonyl (C=O) groups excluding carboxylic acids is 1. The number of aryl methyl sites for hydroxylation is 1. The first-order valence-corrected chi connectivity index (χ1v) is 9.91. The second kappa shape index (κ2) is 7.16. The molecule has 4 atom stereocenters. The van der Waals surface area contributed by atoms with Crippen molar-refractivity contribution in [3.8, 4) is 0 Å². The van der Waals surface area contributed by atoms with Gasteiger partial charge in [-0.25, -0.2) is 9.67 Å². The van der Waals surface area contributed by atoms with Crippen LogP contribution in [-0.2, 0) is 13.5 Å². The van der Waals surface area contributed by atoms with E-state index in [4.69, 9.17) is 0 Å². The topological polar surface area (TPSA) is 93.2 Å². The Morgan fingerprint density at radius 1 is 1.29 bits per heavy atom. The highest BCUT2D eigenvalue weighted by Crippen LogP contribution is 2.41. The minimum absolute atomic E-state index is 0.113. The van der Waals surface area contributed by atoms with Gasteiger partial charge in [0.05, 0.1) is 12.1 Å². The number of carbonyl (C=O) groups is 1. The lowest BCUT2D eigenvalue weighted by molar-refractivity contribution is 0.0304. The first kappa shape index (κ1) is 18.9. The van der Waals surface area contributed by atoms with E-state index in [0.717, 1.165) is 24.1 Å². The van der Waals surface area contributed by atoms with Crippen molar-refractivity contribution < 1.29 is 9.90 Å². The van der Waals surface area contributed by atoms with Crippen molar-refractivity contribution in [2.75, 3.05) is 13.1 Å². The summed E-state index contributed by atoms with van der Waals surface area (Å²) in [6.45, 7) is 5.14. The summed E-state index contributed by atoms with van der Waals surface area (Å²) < 4.78 is 3.31. The number of aliphatic hydroxyl groups is 1. The van der Waals surface area contributed by atoms with Crippen LogP contribution in [-0.4, -0.2) is 54.4 Å². The van der Waals surface area contributed by atoms with Crippen molar-refractivity contribution >= 4 is 5.91 Å². The highest BCUT2D eigenvalue weighted by atomic mass is 16.3. The molecule has 1 saturated heterocycles. The van der Waals surface area contributed by atoms with Crippen molar-refractivity contribution in [1.29, 1.82) is 0 Å². The SMILES string of the molecule is CCc1c(C)cc(C(=O)N2C[C@H]3C[C@@H](n4cncn4)[C@H](O)C[C@H]3C2)c(=O)n1C. The third-order valence-corrected chi connectivity index (χ3v) is 6.49. The number of aliphatic hydroxyl groups excluding tert-OH is 1. The van der Waals surface area contributed by atoms with E-state index < -0.39 is 6.10 Å². The molecule has 2 aromatic rings. The number of fused-ring (bicyclic) bond motifs is 1. The van der Waals surface area contributed by atoms with Crippen molar-refractivity contribution in [2.45, 2.75) is 45.3 Å². The lowest BCUT2D eigenvalue weighted by Gasteiger charge is -2.34. The minimum atomic E-state index is -0.503. The van der Waals surface area contributed by atoms with Gasteiger partial charge in [0.2, 0.25) is 0 Å². The van der Waals surface area contributed by atoms with Crippen LogP contribution in [0.15, 0.2) is 23.5 Å². The predicted octanol–water partition coefficient (Wildman–Crippen LogP) is 0.932. The normalized spacial score (nSPS) is 27.1. The summed E-state index contributed by atoms with van der Waals surface area (Å²) in [4.78, 5) is 31.6. The molecule has 2 aromatic heterocycles. The summed E-state index contributed by atoms with van der Waals surface area (Å²) in [5, 5.41) is 14.7. The molecule has 3 heterocycles. The van der Waals surface area contributed by atoms with Gasteiger partial charge in [-0.2, -0.15) is 5.10 Å². The van der Waals surface area contributed by atoms with Crippen LogP contribution in [0.1, 0.15) is 47.4 Å². The Kier molecular flexibility index (Phi) is 4.82. The fourth-order valence-corrected chi connectivity index (χ4v) is 5.02. The molecule has 1 N–H and O–H groups in total. The van der Waals surface area contributed by atoms with Crippen LogP contribution in [0.5, 0.6) is 0 Å². The average Bonchev–Trinajstić information content (AvgIpc) is 3.33. The maximum Gasteiger partial charge on any atom is 0.263 e. The molecule has 1 saturated carbocycles. The Labute approximate surface area is 163 Å². The molecule has 4 rings (SSSR count). The number of amides is 1. The molecule has 0 unspecified atom stereocenters. The second-order valence-electron chi connectivity index (χ2n) is 8.12. The monoisotopic (exact) mass is 385 g/mol. The lowest BCUT2D eigenvalue weighted by Crippen LogP contribution is -2.36. The fourth-order valence-electron chi connectivity index (χ4n) is 5.02. The van der Waals surface area contributed by atoms with Gasteiger partial charge in [-0.1, -0.05) is 6.92 Å². The maximum absolute atomic E-state index is 13.1. The van der Waals surface area contributed by atoms with Gasteiger partial charge in [0.1, 0.15) is 18.2 Å². The molecule has 1 aliphatic heterocycles. The van der Waals surface area contributed by atoms with E-state index in [1.807, 2.05) is 13.8 Å². The van der Waals surface area contributed by atoms with Gasteiger partial charge in [-0.3, -0.25) is 9.59 Å². The Hall–Kier alpha value is -2.48. The number of nitrogens with zero attached hydrogens (tertiary/aromatic N) is 5. The Balaban J connectivity index is 1.55. The number of rotatable bonds is 3. The molecule has 8 nitrogen and oxygen atoms in total. The Morgan fingerprint density at radius 3 is 2.64 bits per heavy atom. The zero-order valence-electron chi connectivity index (χ0n) is 16.6. The number of aromatic nitrogens is 4. The number of likely N-dealkylation sites (tertiary alicyclic amines) is 1. The van der Waals surface area contributed by atoms with E-state index in [-0.39, 0.29) is 29.0 Å². The average molecular weight is 385 g/mol. The van der Waals surface area contributed by atoms with Gasteiger partial charge in [0, 0.05) is 25.8 Å². The molecule has 150 valence electrons. The zero-order chi connectivity index (χ0) is 20.0. The molecule has 0 spiro atoms. The van der Waals surface area contributed by atoms with Crippen LogP contribution in [0, 0.1) is 18.8 Å². The van der Waals surface area contributed by atoms with Crippen LogP contribution in [0.2, 0.25) is 0 Å². The van der Waals surface area contributed by atoms with Gasteiger partial charge >= 0.3 is 0 Å². The van der Waals surface area contributed by atoms with Gasteiger partial charge in [0.15, 0.2) is 0 Å². The van der Waals surface area contributed by atoms with Crippen LogP contribution in [0.3, 0.4) is 0 Å². The third-order valence-electron chi connectivity index (χ3n) is 6.49. The van der Waals surface area contributed by atoms with Gasteiger partial charge in [-0.05, 0) is 49.7 Å². The van der Waals surface area contributed by atoms with Crippen molar-refractivity contribution in [2.24, 2.45) is 18.9 Å². The number of hydrogen-bond donors (Lipinski definition) is 1. The van der Waals surface area contributed by atoms with E-state index in [1.54, 1.807) is 33.6 Å². The van der Waals surface area contributed by atoms with E-state index in [2.05, 4.69) is 10.1 Å². The van der Waals surface area contributed by atoms with Crippen LogP contribution >= 0.6 is 0 Å². The maximum atomic E-state index is 13.1. The molecular weight excluding hydrogens is 358 g/mol. The molecular formula is C20H27N5O3. The smallest absolute Gasteiger partial charge is 0.263 e. The summed E-state index contributed by atoms with van der Waals surface area (Å²) in [6.07, 6.45) is 4.74. The number of pyridine rings is 1. The standard InChI is InChI=1S/C20H27N5O3/c1-4-16-12(2)5-15(19(27)23(16)3)20(28)24-8-13-6-17(25-11-21-10-22-25)18(26)7-14(13)9-24/h5,10-11,13-14,17-18,26H,4,6-9H2,1-3H3/t13-,14+,17-,18-/m1/s1. The second-order valence-corrected chi connectivity index (χ2v) is 8.12. The molecule has 2 aliphatic rings. The fraction of sp³-hybridized carbons (Fsp3) is 0.600. The van der Waals surface area contributed by atoms with Gasteiger partial charge < -0.3 is 14.6 Å². The van der Waals surface area contributed by atoms with E-state index >= 15 is 0 Å². The largest absolute Gasteiger partial charge is 0.391 e. The Bertz CT molecular complexity index is 936. The van der Waals surface area contributed by atoms with Crippen molar-refractivity contribution in [1.82, 2.24) is 24.2 Å². The molecule has 0 radical (unpaired) electrons. The van der Waals surface area contributed by atoms with Crippen LogP contribution in [0.25, 0.3) is 0 Å². The zero-order valence-corrected chi connectivity index (χ0v) is 16.6. The first-order chi connectivity index (χ1) is 13.4. The summed E-state index contributed by atoms with van der Waals surface area (Å²) >= 11 is 0. The van der Waals surface area contributed by atoms with Gasteiger partial charge in [0.25, 0.3) is 11.5 Å². The Morgan fingerprint density at radius 2 is 2.00 bits per heavy atom. The number of hydrogen-bond acceptors (Lipinski definition) is 5. The minimum Gasteiger partial charge on any atom is -0.391 e. The summed E-state index contributed by atoms with van der Waals surface area (Å²) in [6, 6.07) is 1.62. The van der Waals surface area contributed by atoms with Crippen molar-refractivity contribution in [3.05, 3.63) is 45.9 Å². The van der Waals surface area contributed by atoms with Crippen LogP contribution < -0.4 is 5.56 Å². The highest BCUT2D eigenvalue weighted by Gasteiger charge is 2.44. The summed E-state index contributed by atoms with van der Waals surface area (Å²) in [7, 11) is 1.73. The molecule has 28 heavy (non-hydrogen) atoms. The summed E-state index contributed by atoms with van der Waals surface area (Å²) in [5.41, 5.74) is 1.92. The van der Waals surface area contributed by atoms with E-state index in [1.165, 1.54) is 6.33 Å². The van der Waals surface area contributed by atoms with Crippen molar-refractivity contribution in [3.63, 3.8) is 0 Å². The molecule has 1 aliphatic carbocycles. The molecule has 2 fully saturated rings. The third kappa shape index (κ3) is 3.05. The molecule has 1 amide bonds. The predicted molar refractivity (Wildman–Crippen MR) is 103 cm³/mol. The highest BCUT2D eigenvalue weighted by molar-refractivity contribution is 5.94. The quantitative estimate of drug-likeness (QED) is 0.848. The van der Waals surface area contributed by atoms with Gasteiger partial charge in [-0.15, -0.1) is 0 Å². The summed E-state index contributed by atoms with van der Waals surface area (Å²) in [5.74, 6) is 0.340. The molecule has 0 bridgehead atoms. The lowest BCUT2D eigenvalue weighted by atomic mass is 9.77. The molecule has 8 heteroatoms. The van der Waals surface area contributed by atoms with Crippen LogP contribution in [0.4, 0.5) is 0 Å².